The second kappa shape index (κ2) is 11.6. The van der Waals surface area contributed by atoms with E-state index in [1.807, 2.05) is 6.08 Å². The lowest BCUT2D eigenvalue weighted by molar-refractivity contribution is 0.0430. The maximum atomic E-state index is 10.4. The summed E-state index contributed by atoms with van der Waals surface area (Å²) in [5.74, 6) is 2.29. The molecule has 5 nitrogen and oxygen atoms in total. The van der Waals surface area contributed by atoms with Gasteiger partial charge in [-0.25, -0.2) is 0 Å². The van der Waals surface area contributed by atoms with E-state index in [1.54, 1.807) is 14.2 Å². The number of aliphatic hydroxyl groups is 1. The highest BCUT2D eigenvalue weighted by Crippen LogP contribution is 2.50. The topological polar surface area (TPSA) is 57.2 Å². The van der Waals surface area contributed by atoms with Gasteiger partial charge in [0.2, 0.25) is 0 Å². The Bertz CT molecular complexity index is 660. The molecule has 5 heteroatoms. The van der Waals surface area contributed by atoms with Crippen LogP contribution in [0.5, 0.6) is 11.5 Å². The summed E-state index contributed by atoms with van der Waals surface area (Å²) in [6.07, 6.45) is 8.06. The first-order valence-corrected chi connectivity index (χ1v) is 11.1. The molecular weight excluding hydrogens is 380 g/mol. The molecule has 0 saturated carbocycles. The minimum absolute atomic E-state index is 0.0119. The SMILES string of the molecule is CCCCCc1cc(OCOC)c([C@@H]2C=C(O)CC[C@H]2C(C)(C)C)c(OCOC)c1. The zero-order valence-electron chi connectivity index (χ0n) is 19.6. The van der Waals surface area contributed by atoms with Gasteiger partial charge >= 0.3 is 0 Å². The van der Waals surface area contributed by atoms with Crippen molar-refractivity contribution in [2.45, 2.75) is 72.1 Å². The summed E-state index contributed by atoms with van der Waals surface area (Å²) in [5.41, 5.74) is 2.22. The van der Waals surface area contributed by atoms with Crippen LogP contribution in [0.4, 0.5) is 0 Å². The van der Waals surface area contributed by atoms with Gasteiger partial charge in [-0.15, -0.1) is 0 Å². The van der Waals surface area contributed by atoms with Gasteiger partial charge < -0.3 is 24.1 Å². The van der Waals surface area contributed by atoms with Gasteiger partial charge in [0, 0.05) is 32.1 Å². The van der Waals surface area contributed by atoms with Gasteiger partial charge in [0.15, 0.2) is 13.6 Å². The first-order valence-electron chi connectivity index (χ1n) is 11.1. The Morgan fingerprint density at radius 2 is 1.60 bits per heavy atom. The number of benzene rings is 1. The van der Waals surface area contributed by atoms with Gasteiger partial charge in [0.05, 0.1) is 5.76 Å². The van der Waals surface area contributed by atoms with Crippen molar-refractivity contribution in [2.75, 3.05) is 27.8 Å². The molecule has 0 radical (unpaired) electrons. The number of methoxy groups -OCH3 is 2. The Hall–Kier alpha value is -1.72. The standard InChI is InChI=1S/C25H40O5/c1-7-8-9-10-18-13-22(29-16-27-5)24(23(14-18)30-17-28-6)20-15-19(26)11-12-21(20)25(2,3)4/h13-15,20-21,26H,7-12,16-17H2,1-6H3/t20-,21-/m1/s1. The Kier molecular flexibility index (Phi) is 9.50. The van der Waals surface area contributed by atoms with Gasteiger partial charge in [-0.3, -0.25) is 0 Å². The third-order valence-electron chi connectivity index (χ3n) is 5.86. The van der Waals surface area contributed by atoms with Crippen LogP contribution in [0.25, 0.3) is 0 Å². The van der Waals surface area contributed by atoms with Crippen molar-refractivity contribution >= 4 is 0 Å². The lowest BCUT2D eigenvalue weighted by Crippen LogP contribution is -2.29. The molecular formula is C25H40O5. The van der Waals surface area contributed by atoms with Crippen molar-refractivity contribution in [3.8, 4) is 11.5 Å². The Labute approximate surface area is 182 Å². The monoisotopic (exact) mass is 420 g/mol. The molecule has 30 heavy (non-hydrogen) atoms. The first-order chi connectivity index (χ1) is 14.3. The fourth-order valence-electron chi connectivity index (χ4n) is 4.34. The molecule has 2 atom stereocenters. The molecule has 2 rings (SSSR count). The van der Waals surface area contributed by atoms with Gasteiger partial charge in [-0.2, -0.15) is 0 Å². The summed E-state index contributed by atoms with van der Waals surface area (Å²) in [6, 6.07) is 4.23. The van der Waals surface area contributed by atoms with Crippen molar-refractivity contribution in [3.05, 3.63) is 35.1 Å². The van der Waals surface area contributed by atoms with Gasteiger partial charge in [-0.05, 0) is 54.4 Å². The van der Waals surface area contributed by atoms with Crippen LogP contribution in [-0.2, 0) is 15.9 Å². The van der Waals surface area contributed by atoms with Gasteiger partial charge in [0.1, 0.15) is 11.5 Å². The zero-order chi connectivity index (χ0) is 22.1. The van der Waals surface area contributed by atoms with Crippen LogP contribution in [0.2, 0.25) is 0 Å². The normalized spacial score (nSPS) is 19.5. The molecule has 0 saturated heterocycles. The van der Waals surface area contributed by atoms with E-state index in [0.29, 0.717) is 18.1 Å². The average molecular weight is 421 g/mol. The molecule has 1 aliphatic carbocycles. The van der Waals surface area contributed by atoms with Crippen molar-refractivity contribution in [1.29, 1.82) is 0 Å². The molecule has 0 aromatic heterocycles. The number of aliphatic hydroxyl groups excluding tert-OH is 1. The van der Waals surface area contributed by atoms with Crippen LogP contribution >= 0.6 is 0 Å². The predicted octanol–water partition coefficient (Wildman–Crippen LogP) is 6.37. The molecule has 1 aromatic rings. The fourth-order valence-corrected chi connectivity index (χ4v) is 4.34. The van der Waals surface area contributed by atoms with E-state index in [1.165, 1.54) is 18.4 Å². The molecule has 0 spiro atoms. The minimum Gasteiger partial charge on any atom is -0.513 e. The summed E-state index contributed by atoms with van der Waals surface area (Å²) in [7, 11) is 3.24. The largest absolute Gasteiger partial charge is 0.513 e. The highest BCUT2D eigenvalue weighted by atomic mass is 16.7. The molecule has 1 aliphatic rings. The van der Waals surface area contributed by atoms with E-state index in [4.69, 9.17) is 18.9 Å². The number of ether oxygens (including phenoxy) is 4. The predicted molar refractivity (Wildman–Crippen MR) is 120 cm³/mol. The number of rotatable bonds is 11. The molecule has 0 bridgehead atoms. The number of aryl methyl sites for hydroxylation is 1. The van der Waals surface area contributed by atoms with Crippen LogP contribution < -0.4 is 9.47 Å². The Morgan fingerprint density at radius 3 is 2.10 bits per heavy atom. The molecule has 1 aromatic carbocycles. The maximum absolute atomic E-state index is 10.4. The summed E-state index contributed by atoms with van der Waals surface area (Å²) < 4.78 is 22.5. The zero-order valence-corrected chi connectivity index (χ0v) is 19.6. The number of hydrogen-bond donors (Lipinski definition) is 1. The highest BCUT2D eigenvalue weighted by Gasteiger charge is 2.38. The molecule has 0 fully saturated rings. The third kappa shape index (κ3) is 6.64. The fraction of sp³-hybridized carbons (Fsp3) is 0.680. The van der Waals surface area contributed by atoms with E-state index in [-0.39, 0.29) is 24.9 Å². The minimum atomic E-state index is -0.0119. The van der Waals surface area contributed by atoms with E-state index in [2.05, 4.69) is 39.8 Å². The third-order valence-corrected chi connectivity index (χ3v) is 5.86. The quantitative estimate of drug-likeness (QED) is 0.333. The Balaban J connectivity index is 2.57. The summed E-state index contributed by atoms with van der Waals surface area (Å²) in [4.78, 5) is 0. The molecule has 0 aliphatic heterocycles. The molecule has 0 unspecified atom stereocenters. The van der Waals surface area contributed by atoms with Gasteiger partial charge in [0.25, 0.3) is 0 Å². The molecule has 0 heterocycles. The lowest BCUT2D eigenvalue weighted by atomic mass is 9.66. The van der Waals surface area contributed by atoms with E-state index in [9.17, 15) is 5.11 Å². The summed E-state index contributed by atoms with van der Waals surface area (Å²) in [6.45, 7) is 9.30. The van der Waals surface area contributed by atoms with Crippen molar-refractivity contribution < 1.29 is 24.1 Å². The van der Waals surface area contributed by atoms with E-state index < -0.39 is 0 Å². The van der Waals surface area contributed by atoms with E-state index >= 15 is 0 Å². The Morgan fingerprint density at radius 1 is 1.00 bits per heavy atom. The highest BCUT2D eigenvalue weighted by molar-refractivity contribution is 5.52. The maximum Gasteiger partial charge on any atom is 0.188 e. The molecule has 170 valence electrons. The number of allylic oxidation sites excluding steroid dienone is 2. The molecule has 1 N–H and O–H groups in total. The summed E-state index contributed by atoms with van der Waals surface area (Å²) >= 11 is 0. The van der Waals surface area contributed by atoms with E-state index in [0.717, 1.165) is 36.3 Å². The first kappa shape index (κ1) is 24.5. The van der Waals surface area contributed by atoms with Crippen LogP contribution in [0.1, 0.15) is 76.8 Å². The lowest BCUT2D eigenvalue weighted by Gasteiger charge is -2.39. The van der Waals surface area contributed by atoms with Crippen LogP contribution in [0.3, 0.4) is 0 Å². The number of unbranched alkanes of at least 4 members (excludes halogenated alkanes) is 2. The smallest absolute Gasteiger partial charge is 0.188 e. The van der Waals surface area contributed by atoms with Crippen LogP contribution in [0, 0.1) is 11.3 Å². The molecule has 0 amide bonds. The van der Waals surface area contributed by atoms with Crippen LogP contribution in [-0.4, -0.2) is 32.9 Å². The number of hydrogen-bond acceptors (Lipinski definition) is 5. The van der Waals surface area contributed by atoms with Crippen molar-refractivity contribution in [3.63, 3.8) is 0 Å². The summed E-state index contributed by atoms with van der Waals surface area (Å²) in [5, 5.41) is 10.4. The second-order valence-electron chi connectivity index (χ2n) is 9.26. The van der Waals surface area contributed by atoms with Crippen molar-refractivity contribution in [1.82, 2.24) is 0 Å². The average Bonchev–Trinajstić information content (AvgIpc) is 2.69. The van der Waals surface area contributed by atoms with Crippen LogP contribution in [0.15, 0.2) is 24.0 Å². The van der Waals surface area contributed by atoms with Gasteiger partial charge in [-0.1, -0.05) is 40.5 Å². The van der Waals surface area contributed by atoms with Crippen molar-refractivity contribution in [2.24, 2.45) is 11.3 Å². The second-order valence-corrected chi connectivity index (χ2v) is 9.26.